The number of aliphatic hydroxyl groups is 1. The molecule has 3 nitrogen and oxygen atoms in total. The predicted octanol–water partition coefficient (Wildman–Crippen LogP) is 3.22. The molecule has 112 valence electrons. The normalized spacial score (nSPS) is 13.7. The van der Waals surface area contributed by atoms with Gasteiger partial charge in [-0.2, -0.15) is 0 Å². The molecule has 0 aliphatic rings. The zero-order valence-corrected chi connectivity index (χ0v) is 12.2. The van der Waals surface area contributed by atoms with Gasteiger partial charge in [-0.3, -0.25) is 0 Å². The molecule has 0 fully saturated rings. The summed E-state index contributed by atoms with van der Waals surface area (Å²) in [6.45, 7) is 2.22. The Bertz CT molecular complexity index is 574. The van der Waals surface area contributed by atoms with Crippen LogP contribution in [-0.2, 0) is 0 Å². The number of nitrogens with one attached hydrogen (secondary N) is 1. The first kappa shape index (κ1) is 15.5. The van der Waals surface area contributed by atoms with Gasteiger partial charge in [-0.1, -0.05) is 36.4 Å². The van der Waals surface area contributed by atoms with Gasteiger partial charge in [0.05, 0.1) is 13.2 Å². The molecule has 2 aromatic carbocycles. The Morgan fingerprint density at radius 3 is 2.52 bits per heavy atom. The smallest absolute Gasteiger partial charge is 0.131 e. The first-order chi connectivity index (χ1) is 10.1. The van der Waals surface area contributed by atoms with E-state index in [1.807, 2.05) is 37.3 Å². The standard InChI is InChI=1S/C17H20FNO2/c1-12(15-9-8-14(21-2)10-16(15)18)19-11-17(20)13-6-4-3-5-7-13/h3-10,12,17,19-20H,11H2,1-2H3. The van der Waals surface area contributed by atoms with E-state index in [0.717, 1.165) is 5.56 Å². The van der Waals surface area contributed by atoms with Gasteiger partial charge in [0.2, 0.25) is 0 Å². The summed E-state index contributed by atoms with van der Waals surface area (Å²) in [6, 6.07) is 14.0. The van der Waals surface area contributed by atoms with E-state index in [-0.39, 0.29) is 11.9 Å². The summed E-state index contributed by atoms with van der Waals surface area (Å²) in [6.07, 6.45) is -0.616. The minimum atomic E-state index is -0.616. The highest BCUT2D eigenvalue weighted by Crippen LogP contribution is 2.22. The molecule has 2 unspecified atom stereocenters. The van der Waals surface area contributed by atoms with Crippen LogP contribution in [-0.4, -0.2) is 18.8 Å². The van der Waals surface area contributed by atoms with Crippen LogP contribution in [0.2, 0.25) is 0 Å². The van der Waals surface area contributed by atoms with E-state index in [9.17, 15) is 9.50 Å². The molecule has 0 aliphatic heterocycles. The molecule has 0 aliphatic carbocycles. The molecule has 2 N–H and O–H groups in total. The van der Waals surface area contributed by atoms with Gasteiger partial charge in [0.15, 0.2) is 0 Å². The number of methoxy groups -OCH3 is 1. The van der Waals surface area contributed by atoms with Crippen LogP contribution in [0.1, 0.15) is 30.2 Å². The molecule has 2 aromatic rings. The van der Waals surface area contributed by atoms with Crippen molar-refractivity contribution < 1.29 is 14.2 Å². The van der Waals surface area contributed by atoms with Crippen LogP contribution >= 0.6 is 0 Å². The van der Waals surface area contributed by atoms with Crippen LogP contribution in [0.5, 0.6) is 5.75 Å². The molecule has 0 radical (unpaired) electrons. The van der Waals surface area contributed by atoms with Crippen molar-refractivity contribution in [3.05, 3.63) is 65.5 Å². The van der Waals surface area contributed by atoms with E-state index < -0.39 is 6.10 Å². The zero-order chi connectivity index (χ0) is 15.2. The molecule has 0 aromatic heterocycles. The zero-order valence-electron chi connectivity index (χ0n) is 12.2. The van der Waals surface area contributed by atoms with E-state index in [1.165, 1.54) is 13.2 Å². The monoisotopic (exact) mass is 289 g/mol. The van der Waals surface area contributed by atoms with Gasteiger partial charge in [-0.25, -0.2) is 4.39 Å². The summed E-state index contributed by atoms with van der Waals surface area (Å²) in [5, 5.41) is 13.2. The van der Waals surface area contributed by atoms with Gasteiger partial charge in [-0.15, -0.1) is 0 Å². The summed E-state index contributed by atoms with van der Waals surface area (Å²) in [5.74, 6) is 0.177. The summed E-state index contributed by atoms with van der Waals surface area (Å²) in [5.41, 5.74) is 1.39. The van der Waals surface area contributed by atoms with Gasteiger partial charge < -0.3 is 15.2 Å². The fourth-order valence-corrected chi connectivity index (χ4v) is 2.18. The number of halogens is 1. The average Bonchev–Trinajstić information content (AvgIpc) is 2.52. The SMILES string of the molecule is COc1ccc(C(C)NCC(O)c2ccccc2)c(F)c1. The van der Waals surface area contributed by atoms with Gasteiger partial charge >= 0.3 is 0 Å². The van der Waals surface area contributed by atoms with Crippen LogP contribution < -0.4 is 10.1 Å². The Morgan fingerprint density at radius 1 is 1.19 bits per heavy atom. The van der Waals surface area contributed by atoms with Crippen molar-refractivity contribution in [2.75, 3.05) is 13.7 Å². The van der Waals surface area contributed by atoms with Gasteiger partial charge in [0.25, 0.3) is 0 Å². The highest BCUT2D eigenvalue weighted by Gasteiger charge is 2.14. The van der Waals surface area contributed by atoms with Gasteiger partial charge in [0.1, 0.15) is 11.6 Å². The molecule has 2 rings (SSSR count). The summed E-state index contributed by atoms with van der Waals surface area (Å²) in [7, 11) is 1.51. The maximum atomic E-state index is 14.0. The Balaban J connectivity index is 1.97. The van der Waals surface area contributed by atoms with E-state index in [0.29, 0.717) is 17.9 Å². The molecule has 0 saturated carbocycles. The summed E-state index contributed by atoms with van der Waals surface area (Å²) in [4.78, 5) is 0. The van der Waals surface area contributed by atoms with Crippen molar-refractivity contribution in [1.82, 2.24) is 5.32 Å². The maximum absolute atomic E-state index is 14.0. The van der Waals surface area contributed by atoms with Gasteiger partial charge in [0, 0.05) is 24.2 Å². The molecule has 2 atom stereocenters. The van der Waals surface area contributed by atoms with Crippen molar-refractivity contribution in [3.63, 3.8) is 0 Å². The number of benzene rings is 2. The summed E-state index contributed by atoms with van der Waals surface area (Å²) < 4.78 is 18.9. The van der Waals surface area contributed by atoms with Crippen LogP contribution in [0.4, 0.5) is 4.39 Å². The number of hydrogen-bond acceptors (Lipinski definition) is 3. The minimum Gasteiger partial charge on any atom is -0.497 e. The fourth-order valence-electron chi connectivity index (χ4n) is 2.18. The molecule has 4 heteroatoms. The average molecular weight is 289 g/mol. The van der Waals surface area contributed by atoms with Crippen molar-refractivity contribution in [2.24, 2.45) is 0 Å². The lowest BCUT2D eigenvalue weighted by Gasteiger charge is -2.18. The maximum Gasteiger partial charge on any atom is 0.131 e. The van der Waals surface area contributed by atoms with Crippen molar-refractivity contribution in [1.29, 1.82) is 0 Å². The third-order valence-corrected chi connectivity index (χ3v) is 3.48. The summed E-state index contributed by atoms with van der Waals surface area (Å²) >= 11 is 0. The van der Waals surface area contributed by atoms with E-state index in [2.05, 4.69) is 5.32 Å². The molecule has 0 heterocycles. The lowest BCUT2D eigenvalue weighted by Crippen LogP contribution is -2.25. The molecule has 21 heavy (non-hydrogen) atoms. The van der Waals surface area contributed by atoms with Crippen LogP contribution in [0.3, 0.4) is 0 Å². The Hall–Kier alpha value is -1.91. The Kier molecular flexibility index (Phi) is 5.31. The second kappa shape index (κ2) is 7.20. The highest BCUT2D eigenvalue weighted by atomic mass is 19.1. The fraction of sp³-hybridized carbons (Fsp3) is 0.294. The van der Waals surface area contributed by atoms with E-state index in [4.69, 9.17) is 4.74 Å². The number of ether oxygens (including phenoxy) is 1. The number of rotatable bonds is 6. The largest absolute Gasteiger partial charge is 0.497 e. The minimum absolute atomic E-state index is 0.200. The molecule has 0 spiro atoms. The topological polar surface area (TPSA) is 41.5 Å². The molecule has 0 bridgehead atoms. The highest BCUT2D eigenvalue weighted by molar-refractivity contribution is 5.30. The lowest BCUT2D eigenvalue weighted by atomic mass is 10.1. The third kappa shape index (κ3) is 4.03. The molecule has 0 amide bonds. The molecular formula is C17H20FNO2. The van der Waals surface area contributed by atoms with E-state index >= 15 is 0 Å². The first-order valence-corrected chi connectivity index (χ1v) is 6.91. The Morgan fingerprint density at radius 2 is 1.90 bits per heavy atom. The van der Waals surface area contributed by atoms with E-state index in [1.54, 1.807) is 12.1 Å². The second-order valence-electron chi connectivity index (χ2n) is 4.94. The van der Waals surface area contributed by atoms with Crippen LogP contribution in [0.25, 0.3) is 0 Å². The van der Waals surface area contributed by atoms with Crippen molar-refractivity contribution in [2.45, 2.75) is 19.1 Å². The Labute approximate surface area is 124 Å². The van der Waals surface area contributed by atoms with Crippen molar-refractivity contribution in [3.8, 4) is 5.75 Å². The third-order valence-electron chi connectivity index (χ3n) is 3.48. The number of hydrogen-bond donors (Lipinski definition) is 2. The predicted molar refractivity (Wildman–Crippen MR) is 80.8 cm³/mol. The van der Waals surface area contributed by atoms with Crippen LogP contribution in [0, 0.1) is 5.82 Å². The van der Waals surface area contributed by atoms with Crippen LogP contribution in [0.15, 0.2) is 48.5 Å². The second-order valence-corrected chi connectivity index (χ2v) is 4.94. The first-order valence-electron chi connectivity index (χ1n) is 6.91. The molecular weight excluding hydrogens is 269 g/mol. The van der Waals surface area contributed by atoms with Crippen molar-refractivity contribution >= 4 is 0 Å². The molecule has 0 saturated heterocycles. The lowest BCUT2D eigenvalue weighted by molar-refractivity contribution is 0.170. The number of aliphatic hydroxyl groups excluding tert-OH is 1. The quantitative estimate of drug-likeness (QED) is 0.858. The van der Waals surface area contributed by atoms with Gasteiger partial charge in [-0.05, 0) is 18.6 Å².